The predicted octanol–water partition coefficient (Wildman–Crippen LogP) is 2.75. The van der Waals surface area contributed by atoms with E-state index in [-0.39, 0.29) is 12.3 Å². The van der Waals surface area contributed by atoms with Crippen LogP contribution in [0.4, 0.5) is 0 Å². The summed E-state index contributed by atoms with van der Waals surface area (Å²) in [6.07, 6.45) is -1.43. The number of carbonyl (C=O) groups is 2. The molecule has 1 fully saturated rings. The second kappa shape index (κ2) is 6.90. The van der Waals surface area contributed by atoms with Crippen molar-refractivity contribution < 1.29 is 19.4 Å². The Balaban J connectivity index is 1.88. The molecule has 0 spiro atoms. The number of esters is 1. The molecule has 150 valence electrons. The van der Waals surface area contributed by atoms with Gasteiger partial charge in [-0.15, -0.1) is 0 Å². The summed E-state index contributed by atoms with van der Waals surface area (Å²) in [5, 5.41) is 10.7. The Labute approximate surface area is 174 Å². The van der Waals surface area contributed by atoms with Gasteiger partial charge in [0.1, 0.15) is 12.1 Å². The lowest BCUT2D eigenvalue weighted by Crippen LogP contribution is -2.54. The van der Waals surface area contributed by atoms with Crippen LogP contribution in [0.3, 0.4) is 0 Å². The fraction of sp³-hybridized carbons (Fsp3) is 0.200. The van der Waals surface area contributed by atoms with Gasteiger partial charge in [-0.1, -0.05) is 78.9 Å². The zero-order valence-electron chi connectivity index (χ0n) is 16.5. The van der Waals surface area contributed by atoms with E-state index < -0.39 is 23.7 Å². The van der Waals surface area contributed by atoms with Gasteiger partial charge in [-0.25, -0.2) is 0 Å². The van der Waals surface area contributed by atoms with Crippen LogP contribution in [0.5, 0.6) is 0 Å². The van der Waals surface area contributed by atoms with Crippen molar-refractivity contribution in [3.8, 4) is 11.1 Å². The minimum atomic E-state index is -1.43. The second-order valence-corrected chi connectivity index (χ2v) is 7.67. The quantitative estimate of drug-likeness (QED) is 0.686. The van der Waals surface area contributed by atoms with Gasteiger partial charge in [0.2, 0.25) is 0 Å². The zero-order chi connectivity index (χ0) is 20.9. The number of likely N-dealkylation sites (tertiary alicyclic amines) is 1. The molecule has 3 aromatic rings. The Bertz CT molecular complexity index is 1100. The first kappa shape index (κ1) is 18.7. The standard InChI is InChI=1S/C25H21NO4/c1-30-24(29)22-23(28)21(27)15-26(22)25(16-9-3-2-4-10-16)19-13-7-5-11-17(19)18-12-6-8-14-20(18)25/h2-14,22-23,28H,15H2,1H3/t22-,23+/m0/s1. The van der Waals surface area contributed by atoms with Gasteiger partial charge in [-0.05, 0) is 27.8 Å². The molecule has 5 heteroatoms. The SMILES string of the molecule is COC(=O)[C@@H]1[C@H](O)C(=O)CN1C1(c2ccccc2)c2ccccc2-c2ccccc21. The molecule has 3 aromatic carbocycles. The summed E-state index contributed by atoms with van der Waals surface area (Å²) in [6, 6.07) is 24.8. The smallest absolute Gasteiger partial charge is 0.326 e. The third-order valence-corrected chi connectivity index (χ3v) is 6.28. The molecule has 1 aliphatic heterocycles. The van der Waals surface area contributed by atoms with Gasteiger partial charge in [-0.2, -0.15) is 0 Å². The summed E-state index contributed by atoms with van der Waals surface area (Å²) in [4.78, 5) is 27.2. The van der Waals surface area contributed by atoms with Crippen LogP contribution in [0.1, 0.15) is 16.7 Å². The summed E-state index contributed by atoms with van der Waals surface area (Å²) in [6.45, 7) is -0.0570. The monoisotopic (exact) mass is 399 g/mol. The molecule has 0 bridgehead atoms. The van der Waals surface area contributed by atoms with Gasteiger partial charge < -0.3 is 9.84 Å². The molecule has 0 radical (unpaired) electrons. The number of aliphatic hydroxyl groups excluding tert-OH is 1. The molecule has 5 nitrogen and oxygen atoms in total. The lowest BCUT2D eigenvalue weighted by atomic mass is 9.78. The van der Waals surface area contributed by atoms with Crippen LogP contribution < -0.4 is 0 Å². The van der Waals surface area contributed by atoms with E-state index in [0.29, 0.717) is 0 Å². The fourth-order valence-corrected chi connectivity index (χ4v) is 5.09. The Morgan fingerprint density at radius 2 is 1.47 bits per heavy atom. The van der Waals surface area contributed by atoms with Gasteiger partial charge in [0.05, 0.1) is 19.2 Å². The summed E-state index contributed by atoms with van der Waals surface area (Å²) in [5.74, 6) is -1.01. The summed E-state index contributed by atoms with van der Waals surface area (Å²) >= 11 is 0. The maximum atomic E-state index is 12.8. The normalized spacial score (nSPS) is 21.9. The van der Waals surface area contributed by atoms with E-state index in [0.717, 1.165) is 27.8 Å². The molecule has 2 aliphatic rings. The molecule has 1 heterocycles. The van der Waals surface area contributed by atoms with E-state index in [1.807, 2.05) is 71.6 Å². The molecule has 1 aliphatic carbocycles. The highest BCUT2D eigenvalue weighted by molar-refractivity contribution is 5.96. The largest absolute Gasteiger partial charge is 0.468 e. The third-order valence-electron chi connectivity index (χ3n) is 6.28. The minimum absolute atomic E-state index is 0.0570. The van der Waals surface area contributed by atoms with Gasteiger partial charge in [-0.3, -0.25) is 14.5 Å². The number of fused-ring (bicyclic) bond motifs is 3. The maximum absolute atomic E-state index is 12.8. The number of hydrogen-bond donors (Lipinski definition) is 1. The fourth-order valence-electron chi connectivity index (χ4n) is 5.09. The average Bonchev–Trinajstić information content (AvgIpc) is 3.26. The van der Waals surface area contributed by atoms with Crippen LogP contribution >= 0.6 is 0 Å². The molecule has 5 rings (SSSR count). The van der Waals surface area contributed by atoms with Gasteiger partial charge in [0.15, 0.2) is 5.78 Å². The van der Waals surface area contributed by atoms with Crippen molar-refractivity contribution in [3.05, 3.63) is 95.6 Å². The van der Waals surface area contributed by atoms with E-state index in [4.69, 9.17) is 4.74 Å². The first-order chi connectivity index (χ1) is 14.6. The van der Waals surface area contributed by atoms with Crippen molar-refractivity contribution in [2.45, 2.75) is 17.7 Å². The Morgan fingerprint density at radius 3 is 2.03 bits per heavy atom. The molecular formula is C25H21NO4. The highest BCUT2D eigenvalue weighted by Gasteiger charge is 2.58. The number of ether oxygens (including phenoxy) is 1. The van der Waals surface area contributed by atoms with Crippen LogP contribution in [-0.4, -0.2) is 47.6 Å². The number of ketones is 1. The number of aliphatic hydroxyl groups is 1. The average molecular weight is 399 g/mol. The van der Waals surface area contributed by atoms with Crippen molar-refractivity contribution in [2.75, 3.05) is 13.7 Å². The Hall–Kier alpha value is -3.28. The molecule has 0 unspecified atom stereocenters. The molecular weight excluding hydrogens is 378 g/mol. The van der Waals surface area contributed by atoms with E-state index in [1.165, 1.54) is 7.11 Å². The Morgan fingerprint density at radius 1 is 0.933 bits per heavy atom. The number of Topliss-reactive ketones (excluding diaryl/α,β-unsaturated/α-hetero) is 1. The number of rotatable bonds is 3. The van der Waals surface area contributed by atoms with Gasteiger partial charge >= 0.3 is 5.97 Å². The molecule has 1 N–H and O–H groups in total. The highest BCUT2D eigenvalue weighted by atomic mass is 16.5. The molecule has 30 heavy (non-hydrogen) atoms. The van der Waals surface area contributed by atoms with Crippen molar-refractivity contribution in [2.24, 2.45) is 0 Å². The van der Waals surface area contributed by atoms with E-state index >= 15 is 0 Å². The summed E-state index contributed by atoms with van der Waals surface area (Å²) in [5.41, 5.74) is 4.09. The number of carbonyl (C=O) groups excluding carboxylic acids is 2. The van der Waals surface area contributed by atoms with Crippen LogP contribution in [0, 0.1) is 0 Å². The first-order valence-corrected chi connectivity index (χ1v) is 9.91. The van der Waals surface area contributed by atoms with Crippen LogP contribution in [-0.2, 0) is 19.9 Å². The topological polar surface area (TPSA) is 66.8 Å². The maximum Gasteiger partial charge on any atom is 0.326 e. The molecule has 0 saturated carbocycles. The highest BCUT2D eigenvalue weighted by Crippen LogP contribution is 2.55. The lowest BCUT2D eigenvalue weighted by molar-refractivity contribution is -0.151. The molecule has 0 amide bonds. The van der Waals surface area contributed by atoms with Gasteiger partial charge in [0.25, 0.3) is 0 Å². The second-order valence-electron chi connectivity index (χ2n) is 7.67. The number of nitrogens with zero attached hydrogens (tertiary/aromatic N) is 1. The van der Waals surface area contributed by atoms with Crippen molar-refractivity contribution in [1.82, 2.24) is 4.90 Å². The number of methoxy groups -OCH3 is 1. The lowest BCUT2D eigenvalue weighted by Gasteiger charge is -2.43. The first-order valence-electron chi connectivity index (χ1n) is 9.91. The van der Waals surface area contributed by atoms with Crippen molar-refractivity contribution in [3.63, 3.8) is 0 Å². The van der Waals surface area contributed by atoms with Crippen LogP contribution in [0.25, 0.3) is 11.1 Å². The molecule has 2 atom stereocenters. The summed E-state index contributed by atoms with van der Waals surface area (Å²) < 4.78 is 5.01. The third kappa shape index (κ3) is 2.36. The van der Waals surface area contributed by atoms with Crippen LogP contribution in [0.15, 0.2) is 78.9 Å². The van der Waals surface area contributed by atoms with E-state index in [1.54, 1.807) is 0 Å². The predicted molar refractivity (Wildman–Crippen MR) is 112 cm³/mol. The molecule has 0 aromatic heterocycles. The molecule has 1 saturated heterocycles. The number of hydrogen-bond acceptors (Lipinski definition) is 5. The van der Waals surface area contributed by atoms with Gasteiger partial charge in [0, 0.05) is 0 Å². The van der Waals surface area contributed by atoms with Crippen LogP contribution in [0.2, 0.25) is 0 Å². The zero-order valence-corrected chi connectivity index (χ0v) is 16.5. The number of benzene rings is 3. The van der Waals surface area contributed by atoms with Crippen molar-refractivity contribution in [1.29, 1.82) is 0 Å². The Kier molecular flexibility index (Phi) is 4.31. The summed E-state index contributed by atoms with van der Waals surface area (Å²) in [7, 11) is 1.28. The van der Waals surface area contributed by atoms with E-state index in [9.17, 15) is 14.7 Å². The minimum Gasteiger partial charge on any atom is -0.468 e. The van der Waals surface area contributed by atoms with E-state index in [2.05, 4.69) is 12.1 Å². The van der Waals surface area contributed by atoms with Crippen molar-refractivity contribution >= 4 is 11.8 Å².